The second-order valence-corrected chi connectivity index (χ2v) is 11.7. The third kappa shape index (κ3) is 5.18. The minimum absolute atomic E-state index is 0.0815. The first-order valence-electron chi connectivity index (χ1n) is 11.6. The molecule has 5 rings (SSSR count). The van der Waals surface area contributed by atoms with E-state index >= 15 is 0 Å². The van der Waals surface area contributed by atoms with Crippen molar-refractivity contribution < 1.29 is 21.6 Å². The van der Waals surface area contributed by atoms with Gasteiger partial charge >= 0.3 is 15.5 Å². The van der Waals surface area contributed by atoms with Crippen molar-refractivity contribution in [3.8, 4) is 0 Å². The number of hydrogen-bond acceptors (Lipinski definition) is 5. The van der Waals surface area contributed by atoms with E-state index in [1.165, 1.54) is 0 Å². The summed E-state index contributed by atoms with van der Waals surface area (Å²) < 4.78 is 63.2. The zero-order valence-corrected chi connectivity index (χ0v) is 22.1. The van der Waals surface area contributed by atoms with Crippen molar-refractivity contribution in [3.63, 3.8) is 0 Å². The SMILES string of the molecule is O=S(=O)(N1CCN(c2cnnc3ccc(C(c4ccc(Cl)cc4)c4ccc(Cl)cc4)cc23)CC1)C(F)(F)F. The van der Waals surface area contributed by atoms with Crippen LogP contribution in [0.3, 0.4) is 0 Å². The Morgan fingerprint density at radius 2 is 1.32 bits per heavy atom. The fourth-order valence-corrected chi connectivity index (χ4v) is 5.89. The molecule has 0 aliphatic carbocycles. The molecule has 38 heavy (non-hydrogen) atoms. The molecule has 1 aromatic heterocycles. The number of alkyl halides is 3. The van der Waals surface area contributed by atoms with Crippen LogP contribution in [0, 0.1) is 0 Å². The zero-order chi connectivity index (χ0) is 27.1. The maximum absolute atomic E-state index is 13.0. The van der Waals surface area contributed by atoms with Gasteiger partial charge in [0.25, 0.3) is 0 Å². The van der Waals surface area contributed by atoms with E-state index in [1.54, 1.807) is 6.20 Å². The molecule has 1 fully saturated rings. The Morgan fingerprint density at radius 1 is 0.789 bits per heavy atom. The molecule has 0 atom stereocenters. The Balaban J connectivity index is 1.53. The molecule has 1 aliphatic rings. The van der Waals surface area contributed by atoms with E-state index in [2.05, 4.69) is 10.2 Å². The molecule has 0 amide bonds. The van der Waals surface area contributed by atoms with E-state index in [0.717, 1.165) is 22.1 Å². The van der Waals surface area contributed by atoms with E-state index in [-0.39, 0.29) is 32.1 Å². The molecule has 0 spiro atoms. The molecule has 6 nitrogen and oxygen atoms in total. The van der Waals surface area contributed by atoms with Crippen LogP contribution >= 0.6 is 23.2 Å². The Labute approximate surface area is 227 Å². The quantitative estimate of drug-likeness (QED) is 0.267. The Morgan fingerprint density at radius 3 is 1.84 bits per heavy atom. The lowest BCUT2D eigenvalue weighted by atomic mass is 9.84. The van der Waals surface area contributed by atoms with Crippen LogP contribution in [0.2, 0.25) is 10.0 Å². The molecular weight excluding hydrogens is 560 g/mol. The second kappa shape index (κ2) is 10.3. The second-order valence-electron chi connectivity index (χ2n) is 8.88. The first-order chi connectivity index (χ1) is 18.0. The van der Waals surface area contributed by atoms with Crippen molar-refractivity contribution in [3.05, 3.63) is 99.7 Å². The van der Waals surface area contributed by atoms with Gasteiger partial charge < -0.3 is 4.90 Å². The summed E-state index contributed by atoms with van der Waals surface area (Å²) in [6.07, 6.45) is 1.56. The van der Waals surface area contributed by atoms with Crippen LogP contribution in [0.1, 0.15) is 22.6 Å². The highest BCUT2D eigenvalue weighted by atomic mass is 35.5. The normalized spacial score (nSPS) is 15.4. The van der Waals surface area contributed by atoms with Gasteiger partial charge in [0.15, 0.2) is 0 Å². The molecule has 1 saturated heterocycles. The van der Waals surface area contributed by atoms with Gasteiger partial charge in [0, 0.05) is 47.5 Å². The molecule has 12 heteroatoms. The standard InChI is InChI=1S/C26H21Cl2F3N4O2S/c27-20-6-1-17(2-7-20)25(18-3-8-21(28)9-4-18)19-5-10-23-22(15-19)24(16-32-33-23)34-11-13-35(14-12-34)38(36,37)26(29,30)31/h1-10,15-16,25H,11-14H2. The maximum atomic E-state index is 13.0. The summed E-state index contributed by atoms with van der Waals surface area (Å²) in [5, 5.41) is 10.3. The molecular formula is C26H21Cl2F3N4O2S. The average Bonchev–Trinajstić information content (AvgIpc) is 2.90. The van der Waals surface area contributed by atoms with Gasteiger partial charge in [-0.25, -0.2) is 8.42 Å². The molecule has 0 unspecified atom stereocenters. The summed E-state index contributed by atoms with van der Waals surface area (Å²) >= 11 is 12.3. The van der Waals surface area contributed by atoms with Gasteiger partial charge in [0.05, 0.1) is 17.4 Å². The zero-order valence-electron chi connectivity index (χ0n) is 19.7. The van der Waals surface area contributed by atoms with Gasteiger partial charge in [-0.3, -0.25) is 0 Å². The minimum atomic E-state index is -5.37. The monoisotopic (exact) mass is 580 g/mol. The number of halogens is 5. The highest BCUT2D eigenvalue weighted by molar-refractivity contribution is 7.90. The first kappa shape index (κ1) is 26.7. The molecule has 0 saturated carbocycles. The smallest absolute Gasteiger partial charge is 0.367 e. The fraction of sp³-hybridized carbons (Fsp3) is 0.231. The van der Waals surface area contributed by atoms with Gasteiger partial charge in [0.2, 0.25) is 0 Å². The first-order valence-corrected chi connectivity index (χ1v) is 13.8. The number of benzene rings is 3. The van der Waals surface area contributed by atoms with Crippen molar-refractivity contribution in [2.45, 2.75) is 11.4 Å². The molecule has 0 radical (unpaired) electrons. The highest BCUT2D eigenvalue weighted by Gasteiger charge is 2.50. The number of rotatable bonds is 5. The topological polar surface area (TPSA) is 66.4 Å². The van der Waals surface area contributed by atoms with Crippen molar-refractivity contribution >= 4 is 49.8 Å². The average molecular weight is 581 g/mol. The molecule has 3 aromatic carbocycles. The van der Waals surface area contributed by atoms with Gasteiger partial charge in [-0.15, -0.1) is 0 Å². The van der Waals surface area contributed by atoms with Crippen molar-refractivity contribution in [1.82, 2.24) is 14.5 Å². The Kier molecular flexibility index (Phi) is 7.25. The molecule has 198 valence electrons. The van der Waals surface area contributed by atoms with Crippen LogP contribution in [-0.4, -0.2) is 54.6 Å². The Hall–Kier alpha value is -2.92. The van der Waals surface area contributed by atoms with Crippen LogP contribution in [0.15, 0.2) is 72.9 Å². The fourth-order valence-electron chi connectivity index (χ4n) is 4.70. The van der Waals surface area contributed by atoms with Crippen molar-refractivity contribution in [2.75, 3.05) is 31.1 Å². The van der Waals surface area contributed by atoms with Gasteiger partial charge in [-0.2, -0.15) is 27.7 Å². The highest BCUT2D eigenvalue weighted by Crippen LogP contribution is 2.37. The van der Waals surface area contributed by atoms with E-state index in [9.17, 15) is 21.6 Å². The molecule has 0 N–H and O–H groups in total. The van der Waals surface area contributed by atoms with Crippen molar-refractivity contribution in [1.29, 1.82) is 0 Å². The lowest BCUT2D eigenvalue weighted by molar-refractivity contribution is -0.0490. The number of fused-ring (bicyclic) bond motifs is 1. The van der Waals surface area contributed by atoms with Crippen LogP contribution in [-0.2, 0) is 10.0 Å². The predicted octanol–water partition coefficient (Wildman–Crippen LogP) is 6.09. The van der Waals surface area contributed by atoms with E-state index in [1.807, 2.05) is 71.6 Å². The van der Waals surface area contributed by atoms with Crippen LogP contribution in [0.4, 0.5) is 18.9 Å². The molecule has 4 aromatic rings. The number of hydrogen-bond donors (Lipinski definition) is 0. The van der Waals surface area contributed by atoms with Gasteiger partial charge in [-0.1, -0.05) is 53.5 Å². The summed E-state index contributed by atoms with van der Waals surface area (Å²) in [5.41, 5.74) is -1.08. The van der Waals surface area contributed by atoms with Crippen LogP contribution in [0.25, 0.3) is 10.9 Å². The third-order valence-electron chi connectivity index (χ3n) is 6.59. The maximum Gasteiger partial charge on any atom is 0.511 e. The third-order valence-corrected chi connectivity index (χ3v) is 8.73. The van der Waals surface area contributed by atoms with E-state index in [4.69, 9.17) is 23.2 Å². The lowest BCUT2D eigenvalue weighted by Crippen LogP contribution is -2.52. The summed E-state index contributed by atoms with van der Waals surface area (Å²) in [7, 11) is -5.37. The predicted molar refractivity (Wildman–Crippen MR) is 142 cm³/mol. The largest absolute Gasteiger partial charge is 0.511 e. The number of nitrogens with zero attached hydrogens (tertiary/aromatic N) is 4. The van der Waals surface area contributed by atoms with E-state index in [0.29, 0.717) is 25.6 Å². The summed E-state index contributed by atoms with van der Waals surface area (Å²) in [4.78, 5) is 1.84. The number of aromatic nitrogens is 2. The van der Waals surface area contributed by atoms with Gasteiger partial charge in [0.1, 0.15) is 0 Å². The number of sulfonamides is 1. The summed E-state index contributed by atoms with van der Waals surface area (Å²) in [6, 6.07) is 20.9. The number of piperazine rings is 1. The van der Waals surface area contributed by atoms with Crippen LogP contribution in [0.5, 0.6) is 0 Å². The summed E-state index contributed by atoms with van der Waals surface area (Å²) in [6.45, 7) is -0.413. The van der Waals surface area contributed by atoms with E-state index < -0.39 is 15.5 Å². The molecule has 2 heterocycles. The molecule has 0 bridgehead atoms. The number of anilines is 1. The summed E-state index contributed by atoms with van der Waals surface area (Å²) in [5.74, 6) is -0.163. The van der Waals surface area contributed by atoms with Crippen molar-refractivity contribution in [2.24, 2.45) is 0 Å². The minimum Gasteiger partial charge on any atom is -0.367 e. The molecule has 1 aliphatic heterocycles. The van der Waals surface area contributed by atoms with Crippen LogP contribution < -0.4 is 4.90 Å². The van der Waals surface area contributed by atoms with Gasteiger partial charge in [-0.05, 0) is 53.1 Å². The Bertz CT molecular complexity index is 1510. The lowest BCUT2D eigenvalue weighted by Gasteiger charge is -2.35.